The third kappa shape index (κ3) is 4.38. The van der Waals surface area contributed by atoms with E-state index in [0.29, 0.717) is 24.2 Å². The average molecular weight is 460 g/mol. The molecule has 0 saturated carbocycles. The highest BCUT2D eigenvalue weighted by molar-refractivity contribution is 5.94. The van der Waals surface area contributed by atoms with Gasteiger partial charge in [0.15, 0.2) is 0 Å². The van der Waals surface area contributed by atoms with Crippen LogP contribution in [0.25, 0.3) is 0 Å². The summed E-state index contributed by atoms with van der Waals surface area (Å²) in [5.74, 6) is 0.0255. The van der Waals surface area contributed by atoms with Crippen LogP contribution in [0.2, 0.25) is 0 Å². The Bertz CT molecular complexity index is 1300. The molecule has 0 fully saturated rings. The third-order valence-electron chi connectivity index (χ3n) is 5.95. The van der Waals surface area contributed by atoms with Crippen LogP contribution < -0.4 is 21.9 Å². The first kappa shape index (κ1) is 22.7. The van der Waals surface area contributed by atoms with E-state index in [9.17, 15) is 14.4 Å². The Labute approximate surface area is 195 Å². The number of carbonyl (C=O) groups is 2. The molecule has 34 heavy (non-hydrogen) atoms. The van der Waals surface area contributed by atoms with E-state index in [1.54, 1.807) is 24.3 Å². The number of rotatable bonds is 7. The lowest BCUT2D eigenvalue weighted by Crippen LogP contribution is -2.52. The molecule has 2 heterocycles. The van der Waals surface area contributed by atoms with E-state index in [2.05, 4.69) is 15.6 Å². The highest BCUT2D eigenvalue weighted by atomic mass is 16.4. The molecule has 10 nitrogen and oxygen atoms in total. The number of carboxylic acid groups (broad SMARTS) is 1. The number of nitrogens with two attached hydrogens (primary N) is 1. The molecule has 2 amide bonds. The van der Waals surface area contributed by atoms with Crippen LogP contribution in [0.15, 0.2) is 65.6 Å². The standard InChI is InChI=1S/C24H24N6O4/c25-20(26)17-8-6-16(7-9-17)13-28-22(32)24(12-15-4-2-1-3-5-15)11-10-19-27-14-18(29-23(33)34)21(31)30(19)24/h1-9,14,29H,10-13H2,(H3,25,26)(H,28,32)(H,33,34). The van der Waals surface area contributed by atoms with E-state index in [4.69, 9.17) is 16.2 Å². The van der Waals surface area contributed by atoms with Gasteiger partial charge >= 0.3 is 6.09 Å². The van der Waals surface area contributed by atoms with Crippen molar-refractivity contribution in [1.29, 1.82) is 5.41 Å². The first-order valence-corrected chi connectivity index (χ1v) is 10.7. The Hall–Kier alpha value is -4.47. The lowest BCUT2D eigenvalue weighted by atomic mass is 9.87. The Morgan fingerprint density at radius 1 is 1.12 bits per heavy atom. The smallest absolute Gasteiger partial charge is 0.409 e. The number of anilines is 1. The minimum absolute atomic E-state index is 0.0439. The van der Waals surface area contributed by atoms with Crippen LogP contribution in [-0.2, 0) is 29.7 Å². The molecular formula is C24H24N6O4. The first-order chi connectivity index (χ1) is 16.3. The summed E-state index contributed by atoms with van der Waals surface area (Å²) >= 11 is 0. The van der Waals surface area contributed by atoms with Gasteiger partial charge in [-0.3, -0.25) is 24.9 Å². The minimum Gasteiger partial charge on any atom is -0.465 e. The zero-order valence-corrected chi connectivity index (χ0v) is 18.2. The summed E-state index contributed by atoms with van der Waals surface area (Å²) in [6, 6.07) is 16.3. The molecule has 1 unspecified atom stereocenters. The van der Waals surface area contributed by atoms with Crippen molar-refractivity contribution in [3.05, 3.63) is 93.7 Å². The summed E-state index contributed by atoms with van der Waals surface area (Å²) < 4.78 is 1.33. The average Bonchev–Trinajstić information content (AvgIpc) is 3.20. The fraction of sp³-hybridized carbons (Fsp3) is 0.208. The fourth-order valence-corrected chi connectivity index (χ4v) is 4.28. The van der Waals surface area contributed by atoms with Gasteiger partial charge in [0.05, 0.1) is 6.20 Å². The SMILES string of the molecule is N=C(N)c1ccc(CNC(=O)C2(Cc3ccccc3)CCc3ncc(NC(=O)O)c(=O)n32)cc1. The molecule has 0 bridgehead atoms. The maximum absolute atomic E-state index is 13.7. The Morgan fingerprint density at radius 3 is 2.47 bits per heavy atom. The van der Waals surface area contributed by atoms with E-state index >= 15 is 0 Å². The number of fused-ring (bicyclic) bond motifs is 1. The molecule has 0 aliphatic carbocycles. The van der Waals surface area contributed by atoms with E-state index < -0.39 is 17.2 Å². The molecule has 0 spiro atoms. The molecule has 1 aromatic heterocycles. The molecule has 4 rings (SSSR count). The highest BCUT2D eigenvalue weighted by Crippen LogP contribution is 2.34. The predicted molar refractivity (Wildman–Crippen MR) is 126 cm³/mol. The lowest BCUT2D eigenvalue weighted by Gasteiger charge is -2.31. The zero-order valence-electron chi connectivity index (χ0n) is 18.2. The van der Waals surface area contributed by atoms with Gasteiger partial charge < -0.3 is 16.2 Å². The molecule has 1 atom stereocenters. The van der Waals surface area contributed by atoms with E-state index in [1.807, 2.05) is 30.3 Å². The number of benzene rings is 2. The van der Waals surface area contributed by atoms with Gasteiger partial charge in [-0.25, -0.2) is 9.78 Å². The number of hydrogen-bond donors (Lipinski definition) is 5. The summed E-state index contributed by atoms with van der Waals surface area (Å²) in [5.41, 5.74) is 5.66. The topological polar surface area (TPSA) is 163 Å². The number of aryl methyl sites for hydroxylation is 1. The maximum atomic E-state index is 13.7. The number of hydrogen-bond acceptors (Lipinski definition) is 5. The van der Waals surface area contributed by atoms with E-state index in [1.165, 1.54) is 10.8 Å². The molecule has 0 saturated heterocycles. The molecule has 1 aliphatic rings. The number of nitrogen functional groups attached to an aromatic ring is 1. The Morgan fingerprint density at radius 2 is 1.82 bits per heavy atom. The van der Waals surface area contributed by atoms with Crippen LogP contribution in [0, 0.1) is 5.41 Å². The summed E-state index contributed by atoms with van der Waals surface area (Å²) in [6.07, 6.45) is 0.791. The molecule has 174 valence electrons. The van der Waals surface area contributed by atoms with Crippen molar-refractivity contribution in [3.63, 3.8) is 0 Å². The predicted octanol–water partition coefficient (Wildman–Crippen LogP) is 1.82. The van der Waals surface area contributed by atoms with Crippen molar-refractivity contribution in [2.75, 3.05) is 5.32 Å². The number of nitrogens with one attached hydrogen (secondary N) is 3. The van der Waals surface area contributed by atoms with Gasteiger partial charge in [0, 0.05) is 24.9 Å². The zero-order chi connectivity index (χ0) is 24.3. The summed E-state index contributed by atoms with van der Waals surface area (Å²) in [7, 11) is 0. The number of aromatic nitrogens is 2. The van der Waals surface area contributed by atoms with Crippen molar-refractivity contribution >= 4 is 23.5 Å². The van der Waals surface area contributed by atoms with Gasteiger partial charge in [-0.1, -0.05) is 54.6 Å². The van der Waals surface area contributed by atoms with Crippen LogP contribution in [0.1, 0.15) is 28.9 Å². The van der Waals surface area contributed by atoms with Gasteiger partial charge in [-0.2, -0.15) is 0 Å². The summed E-state index contributed by atoms with van der Waals surface area (Å²) in [4.78, 5) is 42.4. The van der Waals surface area contributed by atoms with E-state index in [0.717, 1.165) is 11.1 Å². The number of carbonyl (C=O) groups excluding carboxylic acids is 1. The molecule has 3 aromatic rings. The van der Waals surface area contributed by atoms with E-state index in [-0.39, 0.29) is 30.4 Å². The molecule has 2 aromatic carbocycles. The molecule has 1 aliphatic heterocycles. The minimum atomic E-state index is -1.38. The quantitative estimate of drug-likeness (QED) is 0.267. The van der Waals surface area contributed by atoms with Crippen LogP contribution in [0.4, 0.5) is 10.5 Å². The number of amidine groups is 1. The normalized spacial score (nSPS) is 16.5. The number of nitrogens with zero attached hydrogens (tertiary/aromatic N) is 2. The number of amides is 2. The van der Waals surface area contributed by atoms with Gasteiger partial charge in [0.2, 0.25) is 5.91 Å². The first-order valence-electron chi connectivity index (χ1n) is 10.7. The van der Waals surface area contributed by atoms with Crippen molar-refractivity contribution in [2.45, 2.75) is 31.3 Å². The Kier molecular flexibility index (Phi) is 6.13. The van der Waals surface area contributed by atoms with Gasteiger partial charge in [-0.15, -0.1) is 0 Å². The Balaban J connectivity index is 1.70. The van der Waals surface area contributed by atoms with Gasteiger partial charge in [-0.05, 0) is 17.5 Å². The monoisotopic (exact) mass is 460 g/mol. The van der Waals surface area contributed by atoms with Crippen molar-refractivity contribution in [3.8, 4) is 0 Å². The van der Waals surface area contributed by atoms with Crippen LogP contribution >= 0.6 is 0 Å². The van der Waals surface area contributed by atoms with Crippen LogP contribution in [0.5, 0.6) is 0 Å². The third-order valence-corrected chi connectivity index (χ3v) is 5.95. The largest absolute Gasteiger partial charge is 0.465 e. The molecular weight excluding hydrogens is 436 g/mol. The van der Waals surface area contributed by atoms with Gasteiger partial charge in [0.25, 0.3) is 5.56 Å². The van der Waals surface area contributed by atoms with Crippen molar-refractivity contribution in [1.82, 2.24) is 14.9 Å². The fourth-order valence-electron chi connectivity index (χ4n) is 4.28. The summed E-state index contributed by atoms with van der Waals surface area (Å²) in [5, 5.41) is 21.6. The molecule has 10 heteroatoms. The second kappa shape index (κ2) is 9.18. The maximum Gasteiger partial charge on any atom is 0.409 e. The summed E-state index contributed by atoms with van der Waals surface area (Å²) in [6.45, 7) is 0.206. The van der Waals surface area contributed by atoms with Crippen LogP contribution in [0.3, 0.4) is 0 Å². The highest BCUT2D eigenvalue weighted by Gasteiger charge is 2.47. The molecule has 0 radical (unpaired) electrons. The second-order valence-electron chi connectivity index (χ2n) is 8.15. The van der Waals surface area contributed by atoms with Gasteiger partial charge in [0.1, 0.15) is 22.9 Å². The van der Waals surface area contributed by atoms with Crippen molar-refractivity contribution in [2.24, 2.45) is 5.73 Å². The van der Waals surface area contributed by atoms with Crippen molar-refractivity contribution < 1.29 is 14.7 Å². The van der Waals surface area contributed by atoms with Crippen LogP contribution in [-0.4, -0.2) is 32.5 Å². The lowest BCUT2D eigenvalue weighted by molar-refractivity contribution is -0.130. The molecule has 6 N–H and O–H groups in total. The second-order valence-corrected chi connectivity index (χ2v) is 8.15.